The van der Waals surface area contributed by atoms with Gasteiger partial charge in [0.15, 0.2) is 0 Å². The zero-order chi connectivity index (χ0) is 24.5. The van der Waals surface area contributed by atoms with Gasteiger partial charge in [0.1, 0.15) is 6.04 Å². The summed E-state index contributed by atoms with van der Waals surface area (Å²) in [5.41, 5.74) is 5.43. The quantitative estimate of drug-likeness (QED) is 0.445. The lowest BCUT2D eigenvalue weighted by atomic mass is 9.84. The van der Waals surface area contributed by atoms with Crippen LogP contribution in [0, 0.1) is 5.92 Å². The molecule has 5 heteroatoms. The molecule has 1 aliphatic carbocycles. The number of nitrogens with zero attached hydrogens (tertiary/aromatic N) is 1. The Morgan fingerprint density at radius 3 is 2.43 bits per heavy atom. The van der Waals surface area contributed by atoms with Crippen LogP contribution in [0.2, 0.25) is 0 Å². The second-order valence-electron chi connectivity index (χ2n) is 10.5. The maximum absolute atomic E-state index is 14.0. The minimum atomic E-state index is -0.641. The van der Waals surface area contributed by atoms with E-state index in [-0.39, 0.29) is 17.9 Å². The monoisotopic (exact) mass is 472 g/mol. The summed E-state index contributed by atoms with van der Waals surface area (Å²) >= 11 is 0. The molecule has 1 saturated carbocycles. The van der Waals surface area contributed by atoms with Crippen LogP contribution in [0.5, 0.6) is 0 Å². The van der Waals surface area contributed by atoms with Crippen LogP contribution in [0.4, 0.5) is 0 Å². The number of nitrogens with one attached hydrogen (secondary N) is 1. The summed E-state index contributed by atoms with van der Waals surface area (Å²) in [7, 11) is 1.42. The van der Waals surface area contributed by atoms with E-state index in [0.29, 0.717) is 24.7 Å². The minimum Gasteiger partial charge on any atom is -0.467 e. The number of aromatic nitrogens is 1. The van der Waals surface area contributed by atoms with Crippen LogP contribution in [0.15, 0.2) is 48.5 Å². The number of benzene rings is 2. The number of carbonyl (C=O) groups is 2. The molecule has 0 saturated heterocycles. The lowest BCUT2D eigenvalue weighted by Gasteiger charge is -2.41. The van der Waals surface area contributed by atoms with Gasteiger partial charge in [-0.3, -0.25) is 4.79 Å². The first kappa shape index (κ1) is 23.7. The van der Waals surface area contributed by atoms with E-state index in [2.05, 4.69) is 55.2 Å². The molecule has 5 nitrogen and oxygen atoms in total. The fourth-order valence-electron chi connectivity index (χ4n) is 6.07. The molecule has 0 radical (unpaired) electrons. The summed E-state index contributed by atoms with van der Waals surface area (Å²) in [6.45, 7) is 4.36. The van der Waals surface area contributed by atoms with E-state index in [1.165, 1.54) is 31.9 Å². The summed E-state index contributed by atoms with van der Waals surface area (Å²) in [6.07, 6.45) is 6.76. The Balaban J connectivity index is 1.63. The van der Waals surface area contributed by atoms with E-state index in [4.69, 9.17) is 4.74 Å². The van der Waals surface area contributed by atoms with Gasteiger partial charge in [0.05, 0.1) is 13.2 Å². The molecule has 1 aromatic heterocycles. The Bertz CT molecular complexity index is 1200. The van der Waals surface area contributed by atoms with Gasteiger partial charge >= 0.3 is 5.97 Å². The molecule has 1 N–H and O–H groups in total. The smallest absolute Gasteiger partial charge is 0.328 e. The van der Waals surface area contributed by atoms with Gasteiger partial charge in [-0.25, -0.2) is 4.79 Å². The number of amides is 1. The van der Waals surface area contributed by atoms with Gasteiger partial charge in [-0.15, -0.1) is 0 Å². The van der Waals surface area contributed by atoms with E-state index in [0.717, 1.165) is 40.6 Å². The molecule has 1 fully saturated rings. The molecule has 2 aliphatic rings. The van der Waals surface area contributed by atoms with Crippen LogP contribution in [0.1, 0.15) is 86.7 Å². The van der Waals surface area contributed by atoms with E-state index >= 15 is 0 Å². The fourth-order valence-corrected chi connectivity index (χ4v) is 6.07. The SMILES string of the molecule is COC(=O)C1Cc2c([nH]c3ccccc23)C(c2ccc(C(C)C)cc2)N1C(=O)CC1CCCCC1. The predicted molar refractivity (Wildman–Crippen MR) is 138 cm³/mol. The third-order valence-corrected chi connectivity index (χ3v) is 8.00. The molecule has 5 rings (SSSR count). The number of H-pyrrole nitrogens is 1. The number of ether oxygens (including phenoxy) is 1. The molecule has 3 aromatic rings. The molecule has 0 bridgehead atoms. The van der Waals surface area contributed by atoms with Crippen molar-refractivity contribution in [2.45, 2.75) is 76.8 Å². The maximum atomic E-state index is 14.0. The first-order valence-corrected chi connectivity index (χ1v) is 13.1. The molecule has 2 aromatic carbocycles. The highest BCUT2D eigenvalue weighted by Gasteiger charge is 2.44. The molecule has 0 spiro atoms. The average Bonchev–Trinajstić information content (AvgIpc) is 3.26. The van der Waals surface area contributed by atoms with Crippen molar-refractivity contribution >= 4 is 22.8 Å². The topological polar surface area (TPSA) is 62.4 Å². The van der Waals surface area contributed by atoms with E-state index in [1.807, 2.05) is 17.0 Å². The summed E-state index contributed by atoms with van der Waals surface area (Å²) in [5, 5.41) is 1.11. The van der Waals surface area contributed by atoms with Gasteiger partial charge in [0, 0.05) is 29.4 Å². The van der Waals surface area contributed by atoms with Gasteiger partial charge in [0.25, 0.3) is 0 Å². The van der Waals surface area contributed by atoms with Gasteiger partial charge in [-0.05, 0) is 47.4 Å². The molecule has 184 valence electrons. The van der Waals surface area contributed by atoms with Gasteiger partial charge in [0.2, 0.25) is 5.91 Å². The van der Waals surface area contributed by atoms with Gasteiger partial charge < -0.3 is 14.6 Å². The van der Waals surface area contributed by atoms with Crippen LogP contribution in [0.3, 0.4) is 0 Å². The lowest BCUT2D eigenvalue weighted by molar-refractivity contribution is -0.155. The number of carbonyl (C=O) groups excluding carboxylic acids is 2. The van der Waals surface area contributed by atoms with Crippen molar-refractivity contribution in [1.29, 1.82) is 0 Å². The third-order valence-electron chi connectivity index (χ3n) is 8.00. The first-order chi connectivity index (χ1) is 17.0. The molecule has 35 heavy (non-hydrogen) atoms. The van der Waals surface area contributed by atoms with Crippen LogP contribution in [-0.4, -0.2) is 34.9 Å². The Labute approximate surface area is 207 Å². The largest absolute Gasteiger partial charge is 0.467 e. The van der Waals surface area contributed by atoms with Crippen molar-refractivity contribution in [1.82, 2.24) is 9.88 Å². The Morgan fingerprint density at radius 1 is 1.03 bits per heavy atom. The van der Waals surface area contributed by atoms with E-state index < -0.39 is 6.04 Å². The highest BCUT2D eigenvalue weighted by atomic mass is 16.5. The van der Waals surface area contributed by atoms with Crippen molar-refractivity contribution in [3.8, 4) is 0 Å². The Morgan fingerprint density at radius 2 is 1.74 bits per heavy atom. The highest BCUT2D eigenvalue weighted by molar-refractivity contribution is 5.91. The van der Waals surface area contributed by atoms with Crippen molar-refractivity contribution in [3.63, 3.8) is 0 Å². The third kappa shape index (κ3) is 4.49. The number of aromatic amines is 1. The molecular formula is C30H36N2O3. The minimum absolute atomic E-state index is 0.0505. The zero-order valence-electron chi connectivity index (χ0n) is 21.0. The van der Waals surface area contributed by atoms with Gasteiger partial charge in [-0.2, -0.15) is 0 Å². The molecule has 2 unspecified atom stereocenters. The number of esters is 1. The summed E-state index contributed by atoms with van der Waals surface area (Å²) < 4.78 is 5.26. The molecule has 1 aliphatic heterocycles. The fraction of sp³-hybridized carbons (Fsp3) is 0.467. The lowest BCUT2D eigenvalue weighted by Crippen LogP contribution is -2.52. The summed E-state index contributed by atoms with van der Waals surface area (Å²) in [4.78, 5) is 32.6. The highest BCUT2D eigenvalue weighted by Crippen LogP contribution is 2.42. The van der Waals surface area contributed by atoms with Crippen LogP contribution >= 0.6 is 0 Å². The van der Waals surface area contributed by atoms with Crippen molar-refractivity contribution in [2.24, 2.45) is 5.92 Å². The van der Waals surface area contributed by atoms with Crippen molar-refractivity contribution < 1.29 is 14.3 Å². The summed E-state index contributed by atoms with van der Waals surface area (Å²) in [6, 6.07) is 15.7. The number of hydrogen-bond donors (Lipinski definition) is 1. The average molecular weight is 473 g/mol. The second-order valence-corrected chi connectivity index (χ2v) is 10.5. The van der Waals surface area contributed by atoms with Crippen LogP contribution in [0.25, 0.3) is 10.9 Å². The van der Waals surface area contributed by atoms with Crippen molar-refractivity contribution in [3.05, 3.63) is 70.9 Å². The first-order valence-electron chi connectivity index (χ1n) is 13.1. The molecular weight excluding hydrogens is 436 g/mol. The molecule has 2 atom stereocenters. The number of hydrogen-bond acceptors (Lipinski definition) is 3. The normalized spacial score (nSPS) is 20.7. The van der Waals surface area contributed by atoms with Gasteiger partial charge in [-0.1, -0.05) is 75.6 Å². The molecule has 2 heterocycles. The second kappa shape index (κ2) is 9.88. The maximum Gasteiger partial charge on any atom is 0.328 e. The van der Waals surface area contributed by atoms with E-state index in [9.17, 15) is 9.59 Å². The van der Waals surface area contributed by atoms with Crippen LogP contribution < -0.4 is 0 Å². The molecule has 1 amide bonds. The standard InChI is InChI=1S/C30H36N2O3/c1-19(2)21-13-15-22(16-14-21)29-28-24(23-11-7-8-12-25(23)31-28)18-26(30(34)35-3)32(29)27(33)17-20-9-5-4-6-10-20/h7-8,11-16,19-20,26,29,31H,4-6,9-10,17-18H2,1-3H3. The Hall–Kier alpha value is -3.08. The summed E-state index contributed by atoms with van der Waals surface area (Å²) in [5.74, 6) is 0.518. The number of rotatable bonds is 5. The number of fused-ring (bicyclic) bond motifs is 3. The zero-order valence-corrected chi connectivity index (χ0v) is 21.0. The number of para-hydroxylation sites is 1. The predicted octanol–water partition coefficient (Wildman–Crippen LogP) is 6.28. The van der Waals surface area contributed by atoms with Crippen molar-refractivity contribution in [2.75, 3.05) is 7.11 Å². The van der Waals surface area contributed by atoms with Crippen LogP contribution in [-0.2, 0) is 20.7 Å². The van der Waals surface area contributed by atoms with E-state index in [1.54, 1.807) is 0 Å². The number of methoxy groups -OCH3 is 1. The Kier molecular flexibility index (Phi) is 6.68.